The molecule has 1 heterocycles. The number of rotatable bonds is 4. The van der Waals surface area contributed by atoms with Crippen LogP contribution in [0.25, 0.3) is 0 Å². The van der Waals surface area contributed by atoms with Crippen molar-refractivity contribution >= 4 is 20.2 Å². The fourth-order valence-corrected chi connectivity index (χ4v) is 1.99. The molecule has 1 aliphatic rings. The minimum atomic E-state index is -2.28. The molecule has 1 aliphatic heterocycles. The average molecular weight is 265 g/mol. The lowest BCUT2D eigenvalue weighted by Crippen LogP contribution is -2.50. The van der Waals surface area contributed by atoms with Gasteiger partial charge >= 0.3 is 20.2 Å². The molecule has 0 aromatic heterocycles. The summed E-state index contributed by atoms with van der Waals surface area (Å²) in [6, 6.07) is 0. The van der Waals surface area contributed by atoms with E-state index >= 15 is 0 Å². The largest absolute Gasteiger partial charge is 0.697 e. The molecule has 0 atom stereocenters. The van der Waals surface area contributed by atoms with Crippen molar-refractivity contribution in [2.75, 3.05) is 26.4 Å². The lowest BCUT2D eigenvalue weighted by Gasteiger charge is -2.26. The number of ether oxygens (including phenoxy) is 2. The van der Waals surface area contributed by atoms with Gasteiger partial charge in [-0.25, -0.2) is 0 Å². The highest BCUT2D eigenvalue weighted by Crippen LogP contribution is 2.38. The predicted octanol–water partition coefficient (Wildman–Crippen LogP) is 0.803. The van der Waals surface area contributed by atoms with Crippen LogP contribution in [-0.4, -0.2) is 38.4 Å². The predicted molar refractivity (Wildman–Crippen MR) is 55.2 cm³/mol. The van der Waals surface area contributed by atoms with E-state index in [4.69, 9.17) is 18.5 Å². The smallest absolute Gasteiger partial charge is 0.465 e. The normalized spacial score (nSPS) is 18.6. The summed E-state index contributed by atoms with van der Waals surface area (Å²) in [6.45, 7) is 2.74. The van der Waals surface area contributed by atoms with Gasteiger partial charge in [-0.15, -0.1) is 9.05 Å². The van der Waals surface area contributed by atoms with Gasteiger partial charge in [0.05, 0.1) is 13.2 Å². The third kappa shape index (κ3) is 3.00. The molecule has 0 saturated carbocycles. The average Bonchev–Trinajstić information content (AvgIpc) is 2.31. The SMILES string of the molecule is CCOC(=O)C1(C(=O)OCC)CO[P+](=O)OC1. The summed E-state index contributed by atoms with van der Waals surface area (Å²) in [7, 11) is -2.28. The molecule has 96 valence electrons. The van der Waals surface area contributed by atoms with Crippen LogP contribution in [0.5, 0.6) is 0 Å². The maximum Gasteiger partial charge on any atom is 0.697 e. The van der Waals surface area contributed by atoms with Gasteiger partial charge in [-0.1, -0.05) is 0 Å². The zero-order valence-corrected chi connectivity index (χ0v) is 10.5. The van der Waals surface area contributed by atoms with E-state index in [1.54, 1.807) is 13.8 Å². The summed E-state index contributed by atoms with van der Waals surface area (Å²) < 4.78 is 29.9. The molecule has 0 aromatic carbocycles. The van der Waals surface area contributed by atoms with Crippen LogP contribution < -0.4 is 0 Å². The van der Waals surface area contributed by atoms with E-state index in [9.17, 15) is 14.2 Å². The molecule has 0 aliphatic carbocycles. The topological polar surface area (TPSA) is 88.1 Å². The Morgan fingerprint density at radius 2 is 1.53 bits per heavy atom. The Morgan fingerprint density at radius 1 is 1.12 bits per heavy atom. The Labute approximate surface area is 99.3 Å². The molecule has 1 rings (SSSR count). The van der Waals surface area contributed by atoms with Gasteiger partial charge in [-0.05, 0) is 13.8 Å². The van der Waals surface area contributed by atoms with Gasteiger partial charge in [0.2, 0.25) is 5.41 Å². The summed E-state index contributed by atoms with van der Waals surface area (Å²) in [4.78, 5) is 23.5. The molecule has 0 N–H and O–H groups in total. The molecular formula is C9H14O7P+. The van der Waals surface area contributed by atoms with Crippen molar-refractivity contribution < 1.29 is 32.7 Å². The van der Waals surface area contributed by atoms with Gasteiger partial charge in [-0.2, -0.15) is 0 Å². The van der Waals surface area contributed by atoms with Crippen LogP contribution in [0, 0.1) is 5.41 Å². The lowest BCUT2D eigenvalue weighted by molar-refractivity contribution is -0.179. The fourth-order valence-electron chi connectivity index (χ4n) is 1.26. The molecule has 1 saturated heterocycles. The Morgan fingerprint density at radius 3 is 1.88 bits per heavy atom. The van der Waals surface area contributed by atoms with E-state index < -0.39 is 25.6 Å². The number of carbonyl (C=O) groups is 2. The molecule has 0 radical (unpaired) electrons. The van der Waals surface area contributed by atoms with E-state index in [1.165, 1.54) is 0 Å². The first kappa shape index (κ1) is 14.0. The summed E-state index contributed by atoms with van der Waals surface area (Å²) in [5.74, 6) is -1.58. The Balaban J connectivity index is 2.88. The Kier molecular flexibility index (Phi) is 4.99. The molecule has 0 amide bonds. The van der Waals surface area contributed by atoms with E-state index in [-0.39, 0.29) is 26.4 Å². The van der Waals surface area contributed by atoms with E-state index in [0.717, 1.165) is 0 Å². The maximum atomic E-state index is 11.8. The summed E-state index contributed by atoms with van der Waals surface area (Å²) in [5.41, 5.74) is -1.67. The molecule has 1 fully saturated rings. The second-order valence-electron chi connectivity index (χ2n) is 3.29. The maximum absolute atomic E-state index is 11.8. The first-order valence-electron chi connectivity index (χ1n) is 5.14. The van der Waals surface area contributed by atoms with Crippen LogP contribution in [0.4, 0.5) is 0 Å². The molecular weight excluding hydrogens is 251 g/mol. The van der Waals surface area contributed by atoms with Gasteiger partial charge in [0.1, 0.15) is 13.2 Å². The number of esters is 2. The number of carbonyl (C=O) groups excluding carboxylic acids is 2. The van der Waals surface area contributed by atoms with Gasteiger partial charge < -0.3 is 9.47 Å². The third-order valence-electron chi connectivity index (χ3n) is 2.17. The van der Waals surface area contributed by atoms with Crippen molar-refractivity contribution in [2.45, 2.75) is 13.8 Å². The quantitative estimate of drug-likeness (QED) is 0.422. The molecule has 0 bridgehead atoms. The third-order valence-corrected chi connectivity index (χ3v) is 2.84. The highest BCUT2D eigenvalue weighted by molar-refractivity contribution is 7.33. The highest BCUT2D eigenvalue weighted by atomic mass is 31.1. The van der Waals surface area contributed by atoms with E-state index in [2.05, 4.69) is 0 Å². The van der Waals surface area contributed by atoms with E-state index in [1.807, 2.05) is 0 Å². The first-order chi connectivity index (χ1) is 8.06. The monoisotopic (exact) mass is 265 g/mol. The molecule has 0 unspecified atom stereocenters. The van der Waals surface area contributed by atoms with Crippen LogP contribution in [-0.2, 0) is 32.7 Å². The van der Waals surface area contributed by atoms with Crippen molar-refractivity contribution in [1.82, 2.24) is 0 Å². The second-order valence-corrected chi connectivity index (χ2v) is 4.26. The van der Waals surface area contributed by atoms with Crippen LogP contribution in [0.15, 0.2) is 0 Å². The zero-order chi connectivity index (χ0) is 12.9. The number of hydrogen-bond donors (Lipinski definition) is 0. The molecule has 7 nitrogen and oxygen atoms in total. The van der Waals surface area contributed by atoms with E-state index in [0.29, 0.717) is 0 Å². The minimum absolute atomic E-state index is 0.117. The highest BCUT2D eigenvalue weighted by Gasteiger charge is 2.57. The zero-order valence-electron chi connectivity index (χ0n) is 9.63. The Bertz CT molecular complexity index is 297. The van der Waals surface area contributed by atoms with Crippen molar-refractivity contribution in [3.8, 4) is 0 Å². The van der Waals surface area contributed by atoms with Gasteiger partial charge in [0.15, 0.2) is 0 Å². The van der Waals surface area contributed by atoms with Crippen molar-refractivity contribution in [2.24, 2.45) is 5.41 Å². The van der Waals surface area contributed by atoms with Crippen molar-refractivity contribution in [1.29, 1.82) is 0 Å². The molecule has 0 spiro atoms. The fraction of sp³-hybridized carbons (Fsp3) is 0.778. The van der Waals surface area contributed by atoms with Crippen LogP contribution >= 0.6 is 8.25 Å². The molecule has 17 heavy (non-hydrogen) atoms. The van der Waals surface area contributed by atoms with Gasteiger partial charge in [-0.3, -0.25) is 9.59 Å². The second kappa shape index (κ2) is 6.05. The minimum Gasteiger partial charge on any atom is -0.465 e. The van der Waals surface area contributed by atoms with Crippen LogP contribution in [0.3, 0.4) is 0 Å². The van der Waals surface area contributed by atoms with Crippen molar-refractivity contribution in [3.05, 3.63) is 0 Å². The first-order valence-corrected chi connectivity index (χ1v) is 6.24. The lowest BCUT2D eigenvalue weighted by atomic mass is 9.90. The molecule has 0 aromatic rings. The van der Waals surface area contributed by atoms with Gasteiger partial charge in [0, 0.05) is 4.57 Å². The van der Waals surface area contributed by atoms with Crippen LogP contribution in [0.1, 0.15) is 13.8 Å². The Hall–Kier alpha value is -1.04. The number of hydrogen-bond acceptors (Lipinski definition) is 7. The summed E-state index contributed by atoms with van der Waals surface area (Å²) >= 11 is 0. The summed E-state index contributed by atoms with van der Waals surface area (Å²) in [6.07, 6.45) is 0. The molecule has 8 heteroatoms. The van der Waals surface area contributed by atoms with Gasteiger partial charge in [0.25, 0.3) is 0 Å². The van der Waals surface area contributed by atoms with Crippen LogP contribution in [0.2, 0.25) is 0 Å². The van der Waals surface area contributed by atoms with Crippen molar-refractivity contribution in [3.63, 3.8) is 0 Å². The standard InChI is InChI=1S/C9H14O7P/c1-3-13-7(10)9(8(11)14-4-2)5-15-17(12)16-6-9/h3-6H2,1-2H3/q+1. The summed E-state index contributed by atoms with van der Waals surface area (Å²) in [5, 5.41) is 0.